The van der Waals surface area contributed by atoms with Gasteiger partial charge in [0.15, 0.2) is 0 Å². The Balaban J connectivity index is 2.14. The number of hydrogen-bond acceptors (Lipinski definition) is 2. The summed E-state index contributed by atoms with van der Waals surface area (Å²) in [6, 6.07) is 21.4. The summed E-state index contributed by atoms with van der Waals surface area (Å²) in [5, 5.41) is 12.8. The molecule has 19 heavy (non-hydrogen) atoms. The minimum Gasteiger partial charge on any atom is -0.399 e. The van der Waals surface area contributed by atoms with Gasteiger partial charge in [0.2, 0.25) is 0 Å². The third-order valence-corrected chi connectivity index (χ3v) is 3.34. The van der Waals surface area contributed by atoms with Gasteiger partial charge in [0, 0.05) is 5.69 Å². The van der Waals surface area contributed by atoms with E-state index >= 15 is 0 Å². The van der Waals surface area contributed by atoms with Gasteiger partial charge in [-0.05, 0) is 34.0 Å². The van der Waals surface area contributed by atoms with Gasteiger partial charge in [0.25, 0.3) is 0 Å². The number of rotatable bonds is 2. The van der Waals surface area contributed by atoms with Crippen LogP contribution in [-0.4, -0.2) is 5.11 Å². The topological polar surface area (TPSA) is 46.2 Å². The zero-order chi connectivity index (χ0) is 13.2. The minimum absolute atomic E-state index is 0.658. The molecule has 0 aromatic heterocycles. The zero-order valence-corrected chi connectivity index (χ0v) is 10.5. The Morgan fingerprint density at radius 3 is 2.42 bits per heavy atom. The van der Waals surface area contributed by atoms with E-state index in [2.05, 4.69) is 0 Å². The first-order valence-corrected chi connectivity index (χ1v) is 6.27. The highest BCUT2D eigenvalue weighted by atomic mass is 16.3. The Morgan fingerprint density at radius 1 is 0.842 bits per heavy atom. The molecular weight excluding hydrogens is 234 g/mol. The lowest BCUT2D eigenvalue weighted by Gasteiger charge is -2.14. The van der Waals surface area contributed by atoms with Gasteiger partial charge in [-0.1, -0.05) is 54.6 Å². The standard InChI is InChI=1S/C17H15NO/c18-14-8-3-7-13(11-14)17(19)16-10-4-6-12-5-1-2-9-15(12)16/h1-11,17,19H,18H2. The monoisotopic (exact) mass is 249 g/mol. The fourth-order valence-corrected chi connectivity index (χ4v) is 2.40. The number of anilines is 1. The van der Waals surface area contributed by atoms with Crippen LogP contribution in [0.1, 0.15) is 17.2 Å². The second-order valence-corrected chi connectivity index (χ2v) is 4.64. The van der Waals surface area contributed by atoms with Crippen molar-refractivity contribution in [2.24, 2.45) is 0 Å². The minimum atomic E-state index is -0.658. The molecule has 3 aromatic carbocycles. The van der Waals surface area contributed by atoms with Crippen LogP contribution in [0, 0.1) is 0 Å². The maximum Gasteiger partial charge on any atom is 0.105 e. The van der Waals surface area contributed by atoms with Crippen molar-refractivity contribution in [1.82, 2.24) is 0 Å². The van der Waals surface area contributed by atoms with Gasteiger partial charge >= 0.3 is 0 Å². The molecule has 0 saturated carbocycles. The van der Waals surface area contributed by atoms with Crippen LogP contribution in [0.25, 0.3) is 10.8 Å². The number of hydrogen-bond donors (Lipinski definition) is 2. The molecule has 94 valence electrons. The predicted molar refractivity (Wildman–Crippen MR) is 78.9 cm³/mol. The summed E-state index contributed by atoms with van der Waals surface area (Å²) < 4.78 is 0. The summed E-state index contributed by atoms with van der Waals surface area (Å²) >= 11 is 0. The average molecular weight is 249 g/mol. The second kappa shape index (κ2) is 4.75. The lowest BCUT2D eigenvalue weighted by Crippen LogP contribution is -2.01. The normalized spacial score (nSPS) is 12.5. The molecular formula is C17H15NO. The van der Waals surface area contributed by atoms with E-state index in [1.54, 1.807) is 0 Å². The average Bonchev–Trinajstić information content (AvgIpc) is 2.46. The van der Waals surface area contributed by atoms with Gasteiger partial charge in [-0.25, -0.2) is 0 Å². The number of nitrogen functional groups attached to an aromatic ring is 1. The molecule has 0 amide bonds. The highest BCUT2D eigenvalue weighted by molar-refractivity contribution is 5.86. The molecule has 0 aliphatic heterocycles. The third-order valence-electron chi connectivity index (χ3n) is 3.34. The van der Waals surface area contributed by atoms with Crippen molar-refractivity contribution in [2.45, 2.75) is 6.10 Å². The molecule has 0 radical (unpaired) electrons. The summed E-state index contributed by atoms with van der Waals surface area (Å²) in [6.07, 6.45) is -0.658. The first-order valence-electron chi connectivity index (χ1n) is 6.27. The van der Waals surface area contributed by atoms with E-state index in [1.165, 1.54) is 0 Å². The second-order valence-electron chi connectivity index (χ2n) is 4.64. The summed E-state index contributed by atoms with van der Waals surface area (Å²) in [5.41, 5.74) is 8.16. The molecule has 0 heterocycles. The molecule has 0 spiro atoms. The van der Waals surface area contributed by atoms with Crippen molar-refractivity contribution in [3.63, 3.8) is 0 Å². The summed E-state index contributed by atoms with van der Waals surface area (Å²) in [6.45, 7) is 0. The van der Waals surface area contributed by atoms with Crippen molar-refractivity contribution in [3.05, 3.63) is 77.9 Å². The predicted octanol–water partition coefficient (Wildman–Crippen LogP) is 3.50. The van der Waals surface area contributed by atoms with Crippen molar-refractivity contribution >= 4 is 16.5 Å². The summed E-state index contributed by atoms with van der Waals surface area (Å²) in [4.78, 5) is 0. The fourth-order valence-electron chi connectivity index (χ4n) is 2.40. The fraction of sp³-hybridized carbons (Fsp3) is 0.0588. The first-order chi connectivity index (χ1) is 9.25. The van der Waals surface area contributed by atoms with E-state index in [1.807, 2.05) is 66.7 Å². The van der Waals surface area contributed by atoms with Crippen LogP contribution >= 0.6 is 0 Å². The van der Waals surface area contributed by atoms with Gasteiger partial charge in [0.05, 0.1) is 0 Å². The highest BCUT2D eigenvalue weighted by Gasteiger charge is 2.13. The van der Waals surface area contributed by atoms with Crippen LogP contribution in [0.3, 0.4) is 0 Å². The summed E-state index contributed by atoms with van der Waals surface area (Å²) in [7, 11) is 0. The van der Waals surface area contributed by atoms with Crippen LogP contribution < -0.4 is 5.73 Å². The molecule has 0 bridgehead atoms. The van der Waals surface area contributed by atoms with Crippen molar-refractivity contribution < 1.29 is 5.11 Å². The van der Waals surface area contributed by atoms with Gasteiger partial charge in [-0.3, -0.25) is 0 Å². The molecule has 3 N–H and O–H groups in total. The third kappa shape index (κ3) is 2.18. The largest absolute Gasteiger partial charge is 0.399 e. The van der Waals surface area contributed by atoms with Crippen LogP contribution in [0.5, 0.6) is 0 Å². The molecule has 2 heteroatoms. The zero-order valence-electron chi connectivity index (χ0n) is 10.5. The molecule has 1 atom stereocenters. The molecule has 0 aliphatic rings. The molecule has 3 rings (SSSR count). The van der Waals surface area contributed by atoms with Crippen molar-refractivity contribution in [3.8, 4) is 0 Å². The number of fused-ring (bicyclic) bond motifs is 1. The lowest BCUT2D eigenvalue weighted by atomic mass is 9.96. The molecule has 0 saturated heterocycles. The van der Waals surface area contributed by atoms with Crippen LogP contribution in [0.2, 0.25) is 0 Å². The SMILES string of the molecule is Nc1cccc(C(O)c2cccc3ccccc23)c1. The maximum absolute atomic E-state index is 10.6. The van der Waals surface area contributed by atoms with E-state index in [4.69, 9.17) is 5.73 Å². The Kier molecular flexibility index (Phi) is 2.94. The summed E-state index contributed by atoms with van der Waals surface area (Å²) in [5.74, 6) is 0. The molecule has 3 aromatic rings. The van der Waals surface area contributed by atoms with Crippen LogP contribution in [0.4, 0.5) is 5.69 Å². The lowest BCUT2D eigenvalue weighted by molar-refractivity contribution is 0.222. The van der Waals surface area contributed by atoms with Gasteiger partial charge in [-0.2, -0.15) is 0 Å². The number of aliphatic hydroxyl groups is 1. The van der Waals surface area contributed by atoms with E-state index < -0.39 is 6.10 Å². The van der Waals surface area contributed by atoms with Gasteiger partial charge in [0.1, 0.15) is 6.10 Å². The smallest absolute Gasteiger partial charge is 0.105 e. The number of aliphatic hydroxyl groups excluding tert-OH is 1. The molecule has 0 aliphatic carbocycles. The maximum atomic E-state index is 10.6. The molecule has 1 unspecified atom stereocenters. The van der Waals surface area contributed by atoms with E-state index in [0.29, 0.717) is 5.69 Å². The molecule has 2 nitrogen and oxygen atoms in total. The van der Waals surface area contributed by atoms with Crippen molar-refractivity contribution in [1.29, 1.82) is 0 Å². The number of benzene rings is 3. The van der Waals surface area contributed by atoms with E-state index in [0.717, 1.165) is 21.9 Å². The van der Waals surface area contributed by atoms with Crippen molar-refractivity contribution in [2.75, 3.05) is 5.73 Å². The van der Waals surface area contributed by atoms with E-state index in [9.17, 15) is 5.11 Å². The number of nitrogens with two attached hydrogens (primary N) is 1. The Bertz CT molecular complexity index is 716. The van der Waals surface area contributed by atoms with Gasteiger partial charge in [-0.15, -0.1) is 0 Å². The Labute approximate surface area is 112 Å². The molecule has 0 fully saturated rings. The van der Waals surface area contributed by atoms with Crippen LogP contribution in [-0.2, 0) is 0 Å². The van der Waals surface area contributed by atoms with E-state index in [-0.39, 0.29) is 0 Å². The van der Waals surface area contributed by atoms with Crippen LogP contribution in [0.15, 0.2) is 66.7 Å². The Hall–Kier alpha value is -2.32. The first kappa shape index (κ1) is 11.8. The Morgan fingerprint density at radius 2 is 1.58 bits per heavy atom. The van der Waals surface area contributed by atoms with Gasteiger partial charge < -0.3 is 10.8 Å². The highest BCUT2D eigenvalue weighted by Crippen LogP contribution is 2.29. The quantitative estimate of drug-likeness (QED) is 0.683.